The van der Waals surface area contributed by atoms with Crippen molar-refractivity contribution in [1.82, 2.24) is 4.98 Å². The van der Waals surface area contributed by atoms with Crippen LogP contribution in [0.25, 0.3) is 22.6 Å². The fourth-order valence-corrected chi connectivity index (χ4v) is 2.78. The van der Waals surface area contributed by atoms with Gasteiger partial charge in [-0.3, -0.25) is 20.2 Å². The maximum atomic E-state index is 11.7. The highest BCUT2D eigenvalue weighted by Crippen LogP contribution is 2.45. The van der Waals surface area contributed by atoms with Gasteiger partial charge in [0.2, 0.25) is 5.89 Å². The van der Waals surface area contributed by atoms with E-state index >= 15 is 0 Å². The lowest BCUT2D eigenvalue weighted by Gasteiger charge is -2.09. The monoisotopic (exact) mass is 377 g/mol. The van der Waals surface area contributed by atoms with Crippen LogP contribution in [0.1, 0.15) is 0 Å². The molecule has 0 radical (unpaired) electrons. The number of aromatic nitrogens is 1. The van der Waals surface area contributed by atoms with E-state index < -0.39 is 21.2 Å². The van der Waals surface area contributed by atoms with E-state index in [0.29, 0.717) is 16.8 Å². The van der Waals surface area contributed by atoms with Gasteiger partial charge in [-0.15, -0.1) is 0 Å². The van der Waals surface area contributed by atoms with Crippen LogP contribution < -0.4 is 4.74 Å². The third-order valence-electron chi connectivity index (χ3n) is 3.98. The molecule has 138 valence electrons. The molecule has 9 nitrogen and oxygen atoms in total. The van der Waals surface area contributed by atoms with Gasteiger partial charge in [-0.05, 0) is 30.3 Å². The van der Waals surface area contributed by atoms with E-state index in [1.165, 1.54) is 6.07 Å². The maximum absolute atomic E-state index is 11.7. The van der Waals surface area contributed by atoms with Gasteiger partial charge in [-0.2, -0.15) is 0 Å². The molecule has 0 spiro atoms. The number of oxazole rings is 1. The third kappa shape index (κ3) is 3.01. The number of nitrogens with zero attached hydrogens (tertiary/aromatic N) is 3. The molecule has 1 heterocycles. The number of rotatable bonds is 5. The predicted molar refractivity (Wildman–Crippen MR) is 99.3 cm³/mol. The molecule has 28 heavy (non-hydrogen) atoms. The molecule has 0 aliphatic heterocycles. The molecule has 0 amide bonds. The van der Waals surface area contributed by atoms with Crippen LogP contribution in [0.15, 0.2) is 71.1 Å². The van der Waals surface area contributed by atoms with Gasteiger partial charge in [0.15, 0.2) is 11.1 Å². The first kappa shape index (κ1) is 17.2. The van der Waals surface area contributed by atoms with Crippen molar-refractivity contribution in [2.45, 2.75) is 0 Å². The van der Waals surface area contributed by atoms with Gasteiger partial charge in [0.05, 0.1) is 9.85 Å². The molecule has 0 aliphatic rings. The second-order valence-corrected chi connectivity index (χ2v) is 5.72. The average Bonchev–Trinajstić information content (AvgIpc) is 3.12. The lowest BCUT2D eigenvalue weighted by Crippen LogP contribution is -2.01. The summed E-state index contributed by atoms with van der Waals surface area (Å²) in [5.41, 5.74) is -0.764. The summed E-state index contributed by atoms with van der Waals surface area (Å²) in [6, 6.07) is 17.7. The Morgan fingerprint density at radius 1 is 0.857 bits per heavy atom. The van der Waals surface area contributed by atoms with Gasteiger partial charge < -0.3 is 9.15 Å². The first-order chi connectivity index (χ1) is 13.5. The van der Waals surface area contributed by atoms with Crippen LogP contribution in [0.2, 0.25) is 0 Å². The van der Waals surface area contributed by atoms with E-state index in [1.54, 1.807) is 54.6 Å². The number of hydrogen-bond donors (Lipinski definition) is 0. The minimum absolute atomic E-state index is 0.0232. The molecule has 4 rings (SSSR count). The fraction of sp³-hybridized carbons (Fsp3) is 0. The van der Waals surface area contributed by atoms with Gasteiger partial charge in [-0.25, -0.2) is 4.98 Å². The Kier molecular flexibility index (Phi) is 4.17. The number of ether oxygens (including phenoxy) is 1. The SMILES string of the molecule is O=[N+]([O-])c1ccc(Oc2ccccc2)c(-c2nc3ccccc3o2)c1[N+](=O)[O-]. The van der Waals surface area contributed by atoms with Crippen molar-refractivity contribution in [2.24, 2.45) is 0 Å². The van der Waals surface area contributed by atoms with E-state index in [1.807, 2.05) is 0 Å². The van der Waals surface area contributed by atoms with Crippen molar-refractivity contribution in [3.63, 3.8) is 0 Å². The van der Waals surface area contributed by atoms with Crippen LogP contribution >= 0.6 is 0 Å². The van der Waals surface area contributed by atoms with E-state index in [2.05, 4.69) is 4.98 Å². The lowest BCUT2D eigenvalue weighted by atomic mass is 10.1. The first-order valence-electron chi connectivity index (χ1n) is 8.09. The Bertz CT molecular complexity index is 1170. The second-order valence-electron chi connectivity index (χ2n) is 5.72. The van der Waals surface area contributed by atoms with E-state index in [-0.39, 0.29) is 17.2 Å². The maximum Gasteiger partial charge on any atom is 0.362 e. The summed E-state index contributed by atoms with van der Waals surface area (Å²) in [5, 5.41) is 23.1. The standard InChI is InChI=1S/C19H11N3O6/c23-21(24)14-10-11-16(27-12-6-2-1-3-7-12)17(18(14)22(25)26)19-20-13-8-4-5-9-15(13)28-19/h1-11H. The summed E-state index contributed by atoms with van der Waals surface area (Å²) in [6.45, 7) is 0. The van der Waals surface area contributed by atoms with Gasteiger partial charge in [0.25, 0.3) is 0 Å². The zero-order chi connectivity index (χ0) is 19.7. The molecule has 9 heteroatoms. The summed E-state index contributed by atoms with van der Waals surface area (Å²) < 4.78 is 11.4. The molecular formula is C19H11N3O6. The highest BCUT2D eigenvalue weighted by Gasteiger charge is 2.35. The van der Waals surface area contributed by atoms with Crippen LogP contribution in [0, 0.1) is 20.2 Å². The van der Waals surface area contributed by atoms with Crippen LogP contribution in [-0.4, -0.2) is 14.8 Å². The highest BCUT2D eigenvalue weighted by atomic mass is 16.6. The van der Waals surface area contributed by atoms with Gasteiger partial charge >= 0.3 is 11.4 Å². The van der Waals surface area contributed by atoms with Crippen LogP contribution in [0.3, 0.4) is 0 Å². The Morgan fingerprint density at radius 3 is 2.25 bits per heavy atom. The average molecular weight is 377 g/mol. The zero-order valence-corrected chi connectivity index (χ0v) is 14.1. The molecule has 0 N–H and O–H groups in total. The third-order valence-corrected chi connectivity index (χ3v) is 3.98. The van der Waals surface area contributed by atoms with Crippen molar-refractivity contribution < 1.29 is 19.0 Å². The molecule has 4 aromatic rings. The molecule has 3 aromatic carbocycles. The van der Waals surface area contributed by atoms with Gasteiger partial charge in [-0.1, -0.05) is 30.3 Å². The molecular weight excluding hydrogens is 366 g/mol. The molecule has 0 unspecified atom stereocenters. The van der Waals surface area contributed by atoms with Crippen molar-refractivity contribution in [3.8, 4) is 23.0 Å². The molecule has 0 saturated carbocycles. The molecule has 0 fully saturated rings. The second kappa shape index (κ2) is 6.80. The number of nitro groups is 2. The molecule has 1 aromatic heterocycles. The lowest BCUT2D eigenvalue weighted by molar-refractivity contribution is -0.422. The zero-order valence-electron chi connectivity index (χ0n) is 14.1. The molecule has 0 saturated heterocycles. The first-order valence-corrected chi connectivity index (χ1v) is 8.09. The Labute approximate surface area is 157 Å². The minimum atomic E-state index is -0.833. The van der Waals surface area contributed by atoms with Crippen molar-refractivity contribution >= 4 is 22.5 Å². The molecule has 0 atom stereocenters. The van der Waals surface area contributed by atoms with E-state index in [4.69, 9.17) is 9.15 Å². The van der Waals surface area contributed by atoms with E-state index in [0.717, 1.165) is 6.07 Å². The molecule has 0 bridgehead atoms. The Hall–Kier alpha value is -4.27. The normalized spacial score (nSPS) is 10.7. The number of benzene rings is 3. The van der Waals surface area contributed by atoms with Crippen molar-refractivity contribution in [3.05, 3.63) is 87.0 Å². The summed E-state index contributed by atoms with van der Waals surface area (Å²) in [6.07, 6.45) is 0. The summed E-state index contributed by atoms with van der Waals surface area (Å²) in [4.78, 5) is 25.7. The largest absolute Gasteiger partial charge is 0.456 e. The van der Waals surface area contributed by atoms with Crippen LogP contribution in [-0.2, 0) is 0 Å². The van der Waals surface area contributed by atoms with Gasteiger partial charge in [0.1, 0.15) is 17.0 Å². The van der Waals surface area contributed by atoms with Gasteiger partial charge in [0, 0.05) is 6.07 Å². The summed E-state index contributed by atoms with van der Waals surface area (Å²) >= 11 is 0. The smallest absolute Gasteiger partial charge is 0.362 e. The number of nitro benzene ring substituents is 2. The number of hydrogen-bond acceptors (Lipinski definition) is 7. The number of para-hydroxylation sites is 3. The fourth-order valence-electron chi connectivity index (χ4n) is 2.78. The minimum Gasteiger partial charge on any atom is -0.456 e. The Balaban J connectivity index is 1.99. The van der Waals surface area contributed by atoms with E-state index in [9.17, 15) is 20.2 Å². The van der Waals surface area contributed by atoms with Crippen LogP contribution in [0.4, 0.5) is 11.4 Å². The van der Waals surface area contributed by atoms with Crippen molar-refractivity contribution in [1.29, 1.82) is 0 Å². The molecule has 0 aliphatic carbocycles. The summed E-state index contributed by atoms with van der Waals surface area (Å²) in [5.74, 6) is 0.292. The Morgan fingerprint density at radius 2 is 1.57 bits per heavy atom. The van der Waals surface area contributed by atoms with Crippen LogP contribution in [0.5, 0.6) is 11.5 Å². The van der Waals surface area contributed by atoms with Crippen molar-refractivity contribution in [2.75, 3.05) is 0 Å². The number of fused-ring (bicyclic) bond motifs is 1. The highest BCUT2D eigenvalue weighted by molar-refractivity contribution is 5.84. The predicted octanol–water partition coefficient (Wildman–Crippen LogP) is 5.10. The topological polar surface area (TPSA) is 122 Å². The quantitative estimate of drug-likeness (QED) is 0.350. The summed E-state index contributed by atoms with van der Waals surface area (Å²) in [7, 11) is 0.